The van der Waals surface area contributed by atoms with Crippen LogP contribution in [0.25, 0.3) is 0 Å². The fraction of sp³-hybridized carbons (Fsp3) is 0.438. The Labute approximate surface area is 373 Å². The van der Waals surface area contributed by atoms with E-state index in [0.29, 0.717) is 76.1 Å². The number of para-hydroxylation sites is 1. The molecule has 7 rings (SSSR count). The first-order valence-corrected chi connectivity index (χ1v) is 21.5. The van der Waals surface area contributed by atoms with Crippen LogP contribution in [0.1, 0.15) is 63.9 Å². The van der Waals surface area contributed by atoms with Gasteiger partial charge in [0.2, 0.25) is 5.91 Å². The molecule has 4 aromatic rings. The van der Waals surface area contributed by atoms with Crippen molar-refractivity contribution in [3.63, 3.8) is 0 Å². The van der Waals surface area contributed by atoms with Crippen LogP contribution >= 0.6 is 0 Å². The standard InChI is InChI=1S/C48H52F7N5O5/c1-56(21-9-22-57(2)44(63)58(3)39-11-5-4-6-12-39)42(61)30-64-41-28-33-10-7-8-13-40(33)45(41)18-23-59(24-19-45)25-20-46(35-14-16-38(49)17-15-35)31-60(32-65-46)43(62)34-26-36(47(50,51)52)29-37(27-34)48(53,54)55/h4-8,10-17,26-27,29,41H,9,18-25,28,30-32H2,1-3H3/t41-,46-/m0/s1. The minimum Gasteiger partial charge on any atom is -0.367 e. The molecule has 0 bridgehead atoms. The van der Waals surface area contributed by atoms with Crippen LogP contribution in [0.15, 0.2) is 97.1 Å². The second kappa shape index (κ2) is 19.1. The molecule has 17 heteroatoms. The Kier molecular flexibility index (Phi) is 14.0. The van der Waals surface area contributed by atoms with Crippen LogP contribution in [-0.2, 0) is 44.1 Å². The SMILES string of the molecule is CN(CCCN(C)C(=O)N(C)c1ccccc1)C(=O)CO[C@H]1Cc2ccccc2C12CCN(CC[C@@]1(c3ccc(F)cc3)CN(C(=O)c3cc(C(F)(F)F)cc(C(F)(F)F)c3)CO1)CC2. The van der Waals surface area contributed by atoms with Gasteiger partial charge in [-0.2, -0.15) is 26.3 Å². The number of halogens is 7. The minimum absolute atomic E-state index is 0.0267. The van der Waals surface area contributed by atoms with Crippen molar-refractivity contribution in [3.05, 3.63) is 136 Å². The van der Waals surface area contributed by atoms with Gasteiger partial charge in [0.05, 0.1) is 23.8 Å². The number of nitrogens with zero attached hydrogens (tertiary/aromatic N) is 5. The smallest absolute Gasteiger partial charge is 0.367 e. The highest BCUT2D eigenvalue weighted by Gasteiger charge is 2.50. The Bertz CT molecular complexity index is 2290. The molecule has 2 saturated heterocycles. The Morgan fingerprint density at radius 1 is 0.800 bits per heavy atom. The first-order chi connectivity index (χ1) is 30.8. The van der Waals surface area contributed by atoms with E-state index in [0.717, 1.165) is 16.2 Å². The number of carbonyl (C=O) groups is 3. The van der Waals surface area contributed by atoms with E-state index in [2.05, 4.69) is 17.0 Å². The number of likely N-dealkylation sites (tertiary alicyclic amines) is 1. The van der Waals surface area contributed by atoms with E-state index < -0.39 is 53.1 Å². The molecular formula is C48H52F7N5O5. The molecular weight excluding hydrogens is 860 g/mol. The number of piperidine rings is 1. The van der Waals surface area contributed by atoms with Crippen molar-refractivity contribution in [1.29, 1.82) is 0 Å². The normalized spacial score (nSPS) is 19.6. The molecule has 2 fully saturated rings. The summed E-state index contributed by atoms with van der Waals surface area (Å²) in [6.07, 6.45) is -7.66. The van der Waals surface area contributed by atoms with Crippen molar-refractivity contribution in [2.24, 2.45) is 0 Å². The van der Waals surface area contributed by atoms with E-state index in [4.69, 9.17) is 9.47 Å². The molecule has 348 valence electrons. The second-order valence-electron chi connectivity index (χ2n) is 17.2. The lowest BCUT2D eigenvalue weighted by Crippen LogP contribution is -2.50. The molecule has 1 aliphatic carbocycles. The zero-order valence-corrected chi connectivity index (χ0v) is 36.4. The summed E-state index contributed by atoms with van der Waals surface area (Å²) in [7, 11) is 5.17. The van der Waals surface area contributed by atoms with E-state index in [1.165, 1.54) is 29.8 Å². The average molecular weight is 912 g/mol. The molecule has 2 aliphatic heterocycles. The van der Waals surface area contributed by atoms with Gasteiger partial charge in [-0.25, -0.2) is 9.18 Å². The summed E-state index contributed by atoms with van der Waals surface area (Å²) >= 11 is 0. The van der Waals surface area contributed by atoms with Crippen molar-refractivity contribution in [2.45, 2.75) is 61.6 Å². The predicted molar refractivity (Wildman–Crippen MR) is 228 cm³/mol. The van der Waals surface area contributed by atoms with Crippen LogP contribution in [0, 0.1) is 5.82 Å². The monoisotopic (exact) mass is 911 g/mol. The van der Waals surface area contributed by atoms with E-state index in [1.807, 2.05) is 42.5 Å². The van der Waals surface area contributed by atoms with Gasteiger partial charge in [0, 0.05) is 57.4 Å². The number of hydrogen-bond acceptors (Lipinski definition) is 6. The van der Waals surface area contributed by atoms with Crippen LogP contribution < -0.4 is 4.90 Å². The summed E-state index contributed by atoms with van der Waals surface area (Å²) in [4.78, 5) is 48.1. The van der Waals surface area contributed by atoms with Crippen molar-refractivity contribution in [1.82, 2.24) is 19.6 Å². The lowest BCUT2D eigenvalue weighted by Gasteiger charge is -2.44. The first kappa shape index (κ1) is 47.4. The number of rotatable bonds is 13. The van der Waals surface area contributed by atoms with Crippen LogP contribution in [0.3, 0.4) is 0 Å². The van der Waals surface area contributed by atoms with Gasteiger partial charge in [-0.1, -0.05) is 54.6 Å². The maximum absolute atomic E-state index is 14.1. The van der Waals surface area contributed by atoms with Crippen molar-refractivity contribution in [3.8, 4) is 0 Å². The molecule has 4 amide bonds. The Morgan fingerprint density at radius 2 is 1.42 bits per heavy atom. The van der Waals surface area contributed by atoms with Gasteiger partial charge in [0.15, 0.2) is 0 Å². The van der Waals surface area contributed by atoms with E-state index in [-0.39, 0.29) is 49.1 Å². The quantitative estimate of drug-likeness (QED) is 0.125. The molecule has 0 N–H and O–H groups in total. The summed E-state index contributed by atoms with van der Waals surface area (Å²) in [6.45, 7) is 1.85. The number of alkyl halides is 6. The topological polar surface area (TPSA) is 85.9 Å². The number of anilines is 1. The third-order valence-electron chi connectivity index (χ3n) is 13.2. The molecule has 2 atom stereocenters. The molecule has 3 aliphatic rings. The first-order valence-electron chi connectivity index (χ1n) is 21.5. The summed E-state index contributed by atoms with van der Waals surface area (Å²) in [5, 5.41) is 0. The lowest BCUT2D eigenvalue weighted by molar-refractivity contribution is -0.143. The van der Waals surface area contributed by atoms with E-state index >= 15 is 0 Å². The molecule has 4 aromatic carbocycles. The molecule has 0 radical (unpaired) electrons. The maximum atomic E-state index is 14.1. The van der Waals surface area contributed by atoms with Gasteiger partial charge in [0.25, 0.3) is 5.91 Å². The highest BCUT2D eigenvalue weighted by Crippen LogP contribution is 2.48. The summed E-state index contributed by atoms with van der Waals surface area (Å²) < 4.78 is 109. The van der Waals surface area contributed by atoms with Gasteiger partial charge in [-0.05, 0) is 104 Å². The summed E-state index contributed by atoms with van der Waals surface area (Å²) in [5.74, 6) is -1.76. The molecule has 0 aromatic heterocycles. The highest BCUT2D eigenvalue weighted by molar-refractivity contribution is 5.95. The molecule has 0 unspecified atom stereocenters. The Morgan fingerprint density at radius 3 is 2.06 bits per heavy atom. The highest BCUT2D eigenvalue weighted by atomic mass is 19.4. The number of urea groups is 1. The number of likely N-dealkylation sites (N-methyl/N-ethyl adjacent to an activating group) is 1. The zero-order chi connectivity index (χ0) is 46.7. The van der Waals surface area contributed by atoms with E-state index in [1.54, 1.807) is 35.8 Å². The molecule has 0 saturated carbocycles. The number of ether oxygens (including phenoxy) is 2. The number of carbonyl (C=O) groups excluding carboxylic acids is 3. The summed E-state index contributed by atoms with van der Waals surface area (Å²) in [6, 6.07) is 23.6. The molecule has 65 heavy (non-hydrogen) atoms. The Balaban J connectivity index is 0.976. The largest absolute Gasteiger partial charge is 0.416 e. The third kappa shape index (κ3) is 10.5. The zero-order valence-electron chi connectivity index (χ0n) is 36.4. The van der Waals surface area contributed by atoms with Gasteiger partial charge >= 0.3 is 18.4 Å². The summed E-state index contributed by atoms with van der Waals surface area (Å²) in [5.41, 5.74) is -1.97. The van der Waals surface area contributed by atoms with Crippen LogP contribution in [0.4, 0.5) is 41.2 Å². The predicted octanol–water partition coefficient (Wildman–Crippen LogP) is 8.59. The number of hydrogen-bond donors (Lipinski definition) is 0. The average Bonchev–Trinajstić information content (AvgIpc) is 3.86. The van der Waals surface area contributed by atoms with Gasteiger partial charge in [-0.15, -0.1) is 0 Å². The van der Waals surface area contributed by atoms with Crippen LogP contribution in [0.2, 0.25) is 0 Å². The molecule has 1 spiro atoms. The van der Waals surface area contributed by atoms with Gasteiger partial charge in [0.1, 0.15) is 24.8 Å². The van der Waals surface area contributed by atoms with Crippen molar-refractivity contribution in [2.75, 3.05) is 78.6 Å². The minimum atomic E-state index is -5.13. The lowest BCUT2D eigenvalue weighted by atomic mass is 9.72. The number of benzene rings is 4. The van der Waals surface area contributed by atoms with Gasteiger partial charge < -0.3 is 29.1 Å². The van der Waals surface area contributed by atoms with E-state index in [9.17, 15) is 45.1 Å². The van der Waals surface area contributed by atoms with Crippen molar-refractivity contribution >= 4 is 23.5 Å². The molecule has 10 nitrogen and oxygen atoms in total. The fourth-order valence-corrected chi connectivity index (χ4v) is 9.36. The van der Waals surface area contributed by atoms with Crippen LogP contribution in [0.5, 0.6) is 0 Å². The fourth-order valence-electron chi connectivity index (χ4n) is 9.36. The second-order valence-corrected chi connectivity index (χ2v) is 17.2. The third-order valence-corrected chi connectivity index (χ3v) is 13.2. The van der Waals surface area contributed by atoms with Crippen molar-refractivity contribution < 1.29 is 54.6 Å². The maximum Gasteiger partial charge on any atom is 0.416 e. The van der Waals surface area contributed by atoms with Gasteiger partial charge in [-0.3, -0.25) is 14.5 Å². The number of fused-ring (bicyclic) bond motifs is 2. The van der Waals surface area contributed by atoms with Crippen LogP contribution in [-0.4, -0.2) is 117 Å². The number of amides is 4. The molecule has 2 heterocycles. The Hall–Kier alpha value is -5.52.